The molecule has 1 fully saturated rings. The van der Waals surface area contributed by atoms with Gasteiger partial charge in [0.05, 0.1) is 6.54 Å². The van der Waals surface area contributed by atoms with Crippen molar-refractivity contribution in [3.63, 3.8) is 0 Å². The summed E-state index contributed by atoms with van der Waals surface area (Å²) in [6, 6.07) is 2.05. The molecule has 3 rings (SSSR count). The fraction of sp³-hybridized carbons (Fsp3) is 0.308. The van der Waals surface area contributed by atoms with Crippen LogP contribution in [-0.4, -0.2) is 28.8 Å². The molecular weight excluding hydrogens is 326 g/mol. The Balaban J connectivity index is 1.80. The van der Waals surface area contributed by atoms with Crippen LogP contribution in [-0.2, 0) is 4.79 Å². The van der Waals surface area contributed by atoms with Crippen molar-refractivity contribution in [3.05, 3.63) is 28.3 Å². The molecule has 0 unspecified atom stereocenters. The van der Waals surface area contributed by atoms with E-state index in [-0.39, 0.29) is 5.78 Å². The number of anilines is 1. The van der Waals surface area contributed by atoms with Crippen molar-refractivity contribution in [2.75, 3.05) is 18.0 Å². The lowest BCUT2D eigenvalue weighted by Crippen LogP contribution is -2.36. The summed E-state index contributed by atoms with van der Waals surface area (Å²) in [5, 5.41) is 2.03. The van der Waals surface area contributed by atoms with Crippen LogP contribution in [0.2, 0.25) is 0 Å². The SMILES string of the molecule is O=C1CCCN(c2ncc(-c3cc(Br)cs3)cn2)C1. The second-order valence-corrected chi connectivity index (χ2v) is 6.29. The molecule has 1 aliphatic rings. The molecular formula is C13H12BrN3OS. The van der Waals surface area contributed by atoms with Crippen molar-refractivity contribution in [1.29, 1.82) is 0 Å². The van der Waals surface area contributed by atoms with Gasteiger partial charge in [0.25, 0.3) is 0 Å². The average molecular weight is 338 g/mol. The zero-order chi connectivity index (χ0) is 13.2. The summed E-state index contributed by atoms with van der Waals surface area (Å²) in [4.78, 5) is 23.3. The molecule has 98 valence electrons. The molecule has 6 heteroatoms. The average Bonchev–Trinajstić information content (AvgIpc) is 2.86. The monoisotopic (exact) mass is 337 g/mol. The number of thiophene rings is 1. The third-order valence-corrected chi connectivity index (χ3v) is 4.76. The van der Waals surface area contributed by atoms with Crippen LogP contribution in [0.5, 0.6) is 0 Å². The summed E-state index contributed by atoms with van der Waals surface area (Å²) in [6.07, 6.45) is 5.21. The summed E-state index contributed by atoms with van der Waals surface area (Å²) in [7, 11) is 0. The van der Waals surface area contributed by atoms with Gasteiger partial charge in [0.1, 0.15) is 0 Å². The number of Topliss-reactive ketones (excluding diaryl/α,β-unsaturated/α-hetero) is 1. The van der Waals surface area contributed by atoms with Crippen LogP contribution in [0.4, 0.5) is 5.95 Å². The summed E-state index contributed by atoms with van der Waals surface area (Å²) in [5.74, 6) is 0.911. The van der Waals surface area contributed by atoms with Crippen molar-refractivity contribution >= 4 is 39.0 Å². The number of carbonyl (C=O) groups is 1. The fourth-order valence-corrected chi connectivity index (χ4v) is 3.49. The Morgan fingerprint density at radius 2 is 2.11 bits per heavy atom. The Bertz CT molecular complexity index is 596. The normalized spacial score (nSPS) is 15.8. The summed E-state index contributed by atoms with van der Waals surface area (Å²) >= 11 is 5.09. The van der Waals surface area contributed by atoms with E-state index in [1.807, 2.05) is 28.7 Å². The largest absolute Gasteiger partial charge is 0.333 e. The van der Waals surface area contributed by atoms with Gasteiger partial charge in [-0.05, 0) is 28.4 Å². The van der Waals surface area contributed by atoms with Gasteiger partial charge in [-0.25, -0.2) is 9.97 Å². The number of hydrogen-bond donors (Lipinski definition) is 0. The molecule has 19 heavy (non-hydrogen) atoms. The highest BCUT2D eigenvalue weighted by Gasteiger charge is 2.18. The number of ketones is 1. The van der Waals surface area contributed by atoms with Crippen molar-refractivity contribution in [1.82, 2.24) is 9.97 Å². The van der Waals surface area contributed by atoms with E-state index in [1.165, 1.54) is 0 Å². The second-order valence-electron chi connectivity index (χ2n) is 4.46. The highest BCUT2D eigenvalue weighted by Crippen LogP contribution is 2.29. The zero-order valence-electron chi connectivity index (χ0n) is 10.2. The molecule has 0 aromatic carbocycles. The second kappa shape index (κ2) is 5.38. The topological polar surface area (TPSA) is 46.1 Å². The van der Waals surface area contributed by atoms with Crippen LogP contribution in [0, 0.1) is 0 Å². The Labute approximate surface area is 123 Å². The smallest absolute Gasteiger partial charge is 0.225 e. The molecule has 0 atom stereocenters. The highest BCUT2D eigenvalue weighted by molar-refractivity contribution is 9.10. The predicted molar refractivity (Wildman–Crippen MR) is 79.5 cm³/mol. The lowest BCUT2D eigenvalue weighted by molar-refractivity contribution is -0.118. The molecule has 0 amide bonds. The fourth-order valence-electron chi connectivity index (χ4n) is 2.08. The molecule has 1 aliphatic heterocycles. The Kier molecular flexibility index (Phi) is 3.61. The van der Waals surface area contributed by atoms with Gasteiger partial charge in [0, 0.05) is 45.7 Å². The number of piperidine rings is 1. The molecule has 0 saturated carbocycles. The molecule has 2 aromatic rings. The Hall–Kier alpha value is -1.27. The first-order chi connectivity index (χ1) is 9.22. The summed E-state index contributed by atoms with van der Waals surface area (Å²) < 4.78 is 1.07. The van der Waals surface area contributed by atoms with Crippen LogP contribution in [0.25, 0.3) is 10.4 Å². The van der Waals surface area contributed by atoms with Gasteiger partial charge in [-0.3, -0.25) is 4.79 Å². The summed E-state index contributed by atoms with van der Waals surface area (Å²) in [5.41, 5.74) is 1.00. The first-order valence-corrected chi connectivity index (χ1v) is 7.73. The van der Waals surface area contributed by atoms with Crippen LogP contribution in [0.1, 0.15) is 12.8 Å². The minimum atomic E-state index is 0.265. The molecule has 0 N–H and O–H groups in total. The number of aromatic nitrogens is 2. The Morgan fingerprint density at radius 3 is 2.74 bits per heavy atom. The summed E-state index contributed by atoms with van der Waals surface area (Å²) in [6.45, 7) is 1.29. The molecule has 4 nitrogen and oxygen atoms in total. The van der Waals surface area contributed by atoms with Crippen LogP contribution >= 0.6 is 27.3 Å². The van der Waals surface area contributed by atoms with Crippen molar-refractivity contribution in [2.24, 2.45) is 0 Å². The minimum absolute atomic E-state index is 0.265. The van der Waals surface area contributed by atoms with Gasteiger partial charge in [0.2, 0.25) is 5.95 Å². The zero-order valence-corrected chi connectivity index (χ0v) is 12.6. The van der Waals surface area contributed by atoms with E-state index in [2.05, 4.69) is 25.9 Å². The number of hydrogen-bond acceptors (Lipinski definition) is 5. The number of rotatable bonds is 2. The van der Waals surface area contributed by atoms with Crippen LogP contribution < -0.4 is 4.90 Å². The van der Waals surface area contributed by atoms with Crippen LogP contribution in [0.15, 0.2) is 28.3 Å². The predicted octanol–water partition coefficient (Wildman–Crippen LogP) is 3.14. The number of halogens is 1. The van der Waals surface area contributed by atoms with Gasteiger partial charge >= 0.3 is 0 Å². The van der Waals surface area contributed by atoms with E-state index in [9.17, 15) is 4.79 Å². The molecule has 2 aromatic heterocycles. The van der Waals surface area contributed by atoms with E-state index < -0.39 is 0 Å². The maximum atomic E-state index is 11.4. The molecule has 0 bridgehead atoms. The van der Waals surface area contributed by atoms with Crippen LogP contribution in [0.3, 0.4) is 0 Å². The lowest BCUT2D eigenvalue weighted by Gasteiger charge is -2.25. The van der Waals surface area contributed by atoms with Gasteiger partial charge < -0.3 is 4.90 Å². The quantitative estimate of drug-likeness (QED) is 0.844. The first kappa shape index (κ1) is 12.7. The lowest BCUT2D eigenvalue weighted by atomic mass is 10.1. The molecule has 3 heterocycles. The maximum Gasteiger partial charge on any atom is 0.225 e. The Morgan fingerprint density at radius 1 is 1.32 bits per heavy atom. The number of carbonyl (C=O) groups excluding carboxylic acids is 1. The van der Waals surface area contributed by atoms with E-state index in [4.69, 9.17) is 0 Å². The van der Waals surface area contributed by atoms with E-state index in [0.29, 0.717) is 18.9 Å². The number of nitrogens with zero attached hydrogens (tertiary/aromatic N) is 3. The van der Waals surface area contributed by atoms with E-state index >= 15 is 0 Å². The van der Waals surface area contributed by atoms with E-state index in [1.54, 1.807) is 11.3 Å². The van der Waals surface area contributed by atoms with Gasteiger partial charge in [-0.2, -0.15) is 0 Å². The standard InChI is InChI=1S/C13H12BrN3OS/c14-10-4-12(19-8-10)9-5-15-13(16-6-9)17-3-1-2-11(18)7-17/h4-6,8H,1-3,7H2. The van der Waals surface area contributed by atoms with Crippen molar-refractivity contribution < 1.29 is 4.79 Å². The van der Waals surface area contributed by atoms with Gasteiger partial charge in [-0.15, -0.1) is 11.3 Å². The molecule has 0 spiro atoms. The molecule has 0 aliphatic carbocycles. The van der Waals surface area contributed by atoms with Crippen molar-refractivity contribution in [2.45, 2.75) is 12.8 Å². The first-order valence-electron chi connectivity index (χ1n) is 6.05. The van der Waals surface area contributed by atoms with Gasteiger partial charge in [-0.1, -0.05) is 0 Å². The maximum absolute atomic E-state index is 11.4. The van der Waals surface area contributed by atoms with Crippen molar-refractivity contribution in [3.8, 4) is 10.4 Å². The third-order valence-electron chi connectivity index (χ3n) is 3.02. The molecule has 1 saturated heterocycles. The van der Waals surface area contributed by atoms with E-state index in [0.717, 1.165) is 27.9 Å². The molecule has 0 radical (unpaired) electrons. The third kappa shape index (κ3) is 2.84. The minimum Gasteiger partial charge on any atom is -0.333 e. The van der Waals surface area contributed by atoms with Gasteiger partial charge in [0.15, 0.2) is 5.78 Å². The highest BCUT2D eigenvalue weighted by atomic mass is 79.9.